The summed E-state index contributed by atoms with van der Waals surface area (Å²) in [5.74, 6) is -0.0300. The number of carbonyl (C=O) groups excluding carboxylic acids is 1. The van der Waals surface area contributed by atoms with Gasteiger partial charge in [0.2, 0.25) is 0 Å². The highest BCUT2D eigenvalue weighted by atomic mass is 16.5. The number of likely N-dealkylation sites (N-methyl/N-ethyl adjacent to an activating group) is 1. The average Bonchev–Trinajstić information content (AvgIpc) is 2.82. The lowest BCUT2D eigenvalue weighted by molar-refractivity contribution is -0.135. The summed E-state index contributed by atoms with van der Waals surface area (Å²) in [5, 5.41) is 3.10. The molecule has 0 bridgehead atoms. The van der Waals surface area contributed by atoms with Gasteiger partial charge in [-0.25, -0.2) is 0 Å². The van der Waals surface area contributed by atoms with Crippen molar-refractivity contribution in [3.05, 3.63) is 65.7 Å². The van der Waals surface area contributed by atoms with Gasteiger partial charge in [0.15, 0.2) is 5.60 Å². The summed E-state index contributed by atoms with van der Waals surface area (Å²) in [5.41, 5.74) is 1.64. The van der Waals surface area contributed by atoms with E-state index >= 15 is 0 Å². The third-order valence-electron chi connectivity index (χ3n) is 4.19. The summed E-state index contributed by atoms with van der Waals surface area (Å²) in [6, 6.07) is 17.6. The molecule has 4 nitrogen and oxygen atoms in total. The van der Waals surface area contributed by atoms with E-state index in [1.807, 2.05) is 66.5 Å². The van der Waals surface area contributed by atoms with Gasteiger partial charge in [0, 0.05) is 25.8 Å². The average molecular weight is 296 g/mol. The van der Waals surface area contributed by atoms with Crippen molar-refractivity contribution in [1.29, 1.82) is 0 Å². The highest BCUT2D eigenvalue weighted by Crippen LogP contribution is 2.46. The number of nitrogens with one attached hydrogen (secondary N) is 1. The molecule has 0 fully saturated rings. The second-order valence-corrected chi connectivity index (χ2v) is 5.33. The second-order valence-electron chi connectivity index (χ2n) is 5.33. The number of hydrogen-bond acceptors (Lipinski definition) is 3. The molecule has 1 N–H and O–H groups in total. The molecule has 1 aliphatic rings. The van der Waals surface area contributed by atoms with Gasteiger partial charge >= 0.3 is 0 Å². The number of para-hydroxylation sites is 1. The Balaban J connectivity index is 2.17. The lowest BCUT2D eigenvalue weighted by Gasteiger charge is -2.28. The molecule has 1 unspecified atom stereocenters. The summed E-state index contributed by atoms with van der Waals surface area (Å²) < 4.78 is 5.82. The molecule has 22 heavy (non-hydrogen) atoms. The number of carbonyl (C=O) groups is 1. The lowest BCUT2D eigenvalue weighted by atomic mass is 9.87. The highest BCUT2D eigenvalue weighted by molar-refractivity contribution is 6.09. The first-order valence-corrected chi connectivity index (χ1v) is 7.42. The number of rotatable bonds is 5. The van der Waals surface area contributed by atoms with Crippen molar-refractivity contribution < 1.29 is 9.53 Å². The van der Waals surface area contributed by atoms with Crippen molar-refractivity contribution in [2.75, 3.05) is 32.1 Å². The summed E-state index contributed by atoms with van der Waals surface area (Å²) >= 11 is 0. The van der Waals surface area contributed by atoms with Crippen LogP contribution in [0.5, 0.6) is 0 Å². The maximum Gasteiger partial charge on any atom is 0.268 e. The van der Waals surface area contributed by atoms with E-state index in [-0.39, 0.29) is 5.91 Å². The zero-order valence-electron chi connectivity index (χ0n) is 12.9. The third kappa shape index (κ3) is 2.03. The largest absolute Gasteiger partial charge is 0.359 e. The Morgan fingerprint density at radius 2 is 1.77 bits per heavy atom. The van der Waals surface area contributed by atoms with Crippen LogP contribution in [0, 0.1) is 0 Å². The van der Waals surface area contributed by atoms with Crippen LogP contribution in [0.2, 0.25) is 0 Å². The predicted octanol–water partition coefficient (Wildman–Crippen LogP) is 2.14. The van der Waals surface area contributed by atoms with Crippen molar-refractivity contribution in [3.8, 4) is 0 Å². The molecule has 0 aromatic heterocycles. The molecule has 114 valence electrons. The first-order chi connectivity index (χ1) is 10.8. The van der Waals surface area contributed by atoms with Crippen LogP contribution in [0.25, 0.3) is 0 Å². The van der Waals surface area contributed by atoms with Gasteiger partial charge in [0.25, 0.3) is 5.91 Å². The Kier molecular flexibility index (Phi) is 3.96. The number of fused-ring (bicyclic) bond motifs is 1. The van der Waals surface area contributed by atoms with Crippen LogP contribution in [0.15, 0.2) is 54.6 Å². The van der Waals surface area contributed by atoms with E-state index < -0.39 is 5.60 Å². The van der Waals surface area contributed by atoms with Crippen LogP contribution in [-0.4, -0.2) is 33.2 Å². The molecule has 3 rings (SSSR count). The minimum Gasteiger partial charge on any atom is -0.359 e. The SMILES string of the molecule is CNCCN1C(=O)C(OC)(c2ccccc2)c2ccccc21. The zero-order chi connectivity index (χ0) is 15.6. The first-order valence-electron chi connectivity index (χ1n) is 7.42. The van der Waals surface area contributed by atoms with E-state index in [1.165, 1.54) is 0 Å². The molecule has 0 saturated carbocycles. The van der Waals surface area contributed by atoms with Gasteiger partial charge in [-0.1, -0.05) is 48.5 Å². The molecule has 1 atom stereocenters. The molecule has 0 aliphatic carbocycles. The Bertz CT molecular complexity index is 672. The van der Waals surface area contributed by atoms with E-state index in [0.29, 0.717) is 6.54 Å². The number of ether oxygens (including phenoxy) is 1. The Morgan fingerprint density at radius 3 is 2.45 bits per heavy atom. The number of anilines is 1. The van der Waals surface area contributed by atoms with E-state index in [4.69, 9.17) is 4.74 Å². The molecule has 0 radical (unpaired) electrons. The van der Waals surface area contributed by atoms with Gasteiger partial charge in [-0.2, -0.15) is 0 Å². The van der Waals surface area contributed by atoms with Crippen LogP contribution in [0.4, 0.5) is 5.69 Å². The van der Waals surface area contributed by atoms with Crippen molar-refractivity contribution in [2.24, 2.45) is 0 Å². The molecule has 1 aliphatic heterocycles. The lowest BCUT2D eigenvalue weighted by Crippen LogP contribution is -2.44. The molecule has 1 heterocycles. The summed E-state index contributed by atoms with van der Waals surface area (Å²) in [7, 11) is 3.48. The van der Waals surface area contributed by atoms with Gasteiger partial charge in [-0.15, -0.1) is 0 Å². The van der Waals surface area contributed by atoms with Crippen LogP contribution in [0.3, 0.4) is 0 Å². The number of amides is 1. The fraction of sp³-hybridized carbons (Fsp3) is 0.278. The van der Waals surface area contributed by atoms with Gasteiger partial charge in [0.1, 0.15) is 0 Å². The topological polar surface area (TPSA) is 41.6 Å². The number of nitrogens with zero attached hydrogens (tertiary/aromatic N) is 1. The molecule has 0 spiro atoms. The quantitative estimate of drug-likeness (QED) is 0.919. The van der Waals surface area contributed by atoms with Crippen LogP contribution in [-0.2, 0) is 15.1 Å². The van der Waals surface area contributed by atoms with Crippen molar-refractivity contribution in [1.82, 2.24) is 5.32 Å². The fourth-order valence-corrected chi connectivity index (χ4v) is 3.13. The predicted molar refractivity (Wildman–Crippen MR) is 87.0 cm³/mol. The monoisotopic (exact) mass is 296 g/mol. The fourth-order valence-electron chi connectivity index (χ4n) is 3.13. The Labute approximate surface area is 130 Å². The number of methoxy groups -OCH3 is 1. The standard InChI is InChI=1S/C18H20N2O2/c1-19-12-13-20-16-11-7-6-10-15(16)18(22-2,17(20)21)14-8-4-3-5-9-14/h3-11,19H,12-13H2,1-2H3. The second kappa shape index (κ2) is 5.91. The highest BCUT2D eigenvalue weighted by Gasteiger charge is 2.52. The van der Waals surface area contributed by atoms with Crippen molar-refractivity contribution in [2.45, 2.75) is 5.60 Å². The van der Waals surface area contributed by atoms with Crippen LogP contribution in [0.1, 0.15) is 11.1 Å². The summed E-state index contributed by atoms with van der Waals surface area (Å²) in [4.78, 5) is 15.0. The maximum atomic E-state index is 13.2. The van der Waals surface area contributed by atoms with Gasteiger partial charge in [-0.05, 0) is 18.7 Å². The molecular weight excluding hydrogens is 276 g/mol. The number of hydrogen-bond donors (Lipinski definition) is 1. The molecular formula is C18H20N2O2. The minimum atomic E-state index is -1.05. The van der Waals surface area contributed by atoms with Crippen LogP contribution >= 0.6 is 0 Å². The zero-order valence-corrected chi connectivity index (χ0v) is 12.9. The van der Waals surface area contributed by atoms with E-state index in [2.05, 4.69) is 5.32 Å². The summed E-state index contributed by atoms with van der Waals surface area (Å²) in [6.07, 6.45) is 0. The van der Waals surface area contributed by atoms with E-state index in [1.54, 1.807) is 7.11 Å². The molecule has 1 amide bonds. The maximum absolute atomic E-state index is 13.2. The molecule has 2 aromatic carbocycles. The van der Waals surface area contributed by atoms with E-state index in [0.717, 1.165) is 23.4 Å². The first kappa shape index (κ1) is 14.8. The van der Waals surface area contributed by atoms with Gasteiger partial charge < -0.3 is 15.0 Å². The molecule has 4 heteroatoms. The molecule has 2 aromatic rings. The Morgan fingerprint density at radius 1 is 1.09 bits per heavy atom. The third-order valence-corrected chi connectivity index (χ3v) is 4.19. The van der Waals surface area contributed by atoms with Gasteiger partial charge in [0.05, 0.1) is 5.69 Å². The van der Waals surface area contributed by atoms with Crippen molar-refractivity contribution >= 4 is 11.6 Å². The minimum absolute atomic E-state index is 0.0300. The van der Waals surface area contributed by atoms with Crippen LogP contribution < -0.4 is 10.2 Å². The van der Waals surface area contributed by atoms with Crippen molar-refractivity contribution in [3.63, 3.8) is 0 Å². The van der Waals surface area contributed by atoms with Gasteiger partial charge in [-0.3, -0.25) is 4.79 Å². The normalized spacial score (nSPS) is 20.3. The number of benzene rings is 2. The summed E-state index contributed by atoms with van der Waals surface area (Å²) in [6.45, 7) is 1.35. The molecule has 0 saturated heterocycles. The Hall–Kier alpha value is -2.17. The smallest absolute Gasteiger partial charge is 0.268 e. The van der Waals surface area contributed by atoms with E-state index in [9.17, 15) is 4.79 Å².